The van der Waals surface area contributed by atoms with E-state index in [1.165, 1.54) is 0 Å². The third-order valence-electron chi connectivity index (χ3n) is 3.05. The molecule has 2 N–H and O–H groups in total. The molecule has 2 rings (SSSR count). The van der Waals surface area contributed by atoms with E-state index in [1.807, 2.05) is 30.3 Å². The molecule has 1 aromatic carbocycles. The molecule has 1 heterocycles. The van der Waals surface area contributed by atoms with Crippen molar-refractivity contribution >= 4 is 5.91 Å². The SMILES string of the molecule is O=C1CC(O)CN1CCC(O)c1ccccc1. The highest BCUT2D eigenvalue weighted by atomic mass is 16.3. The summed E-state index contributed by atoms with van der Waals surface area (Å²) in [5.41, 5.74) is 0.861. The van der Waals surface area contributed by atoms with E-state index < -0.39 is 12.2 Å². The molecule has 0 radical (unpaired) electrons. The van der Waals surface area contributed by atoms with Crippen LogP contribution >= 0.6 is 0 Å². The molecule has 1 aliphatic rings. The molecule has 1 aromatic rings. The Morgan fingerprint density at radius 3 is 2.65 bits per heavy atom. The minimum Gasteiger partial charge on any atom is -0.391 e. The van der Waals surface area contributed by atoms with Crippen molar-refractivity contribution in [3.63, 3.8) is 0 Å². The Labute approximate surface area is 100 Å². The summed E-state index contributed by atoms with van der Waals surface area (Å²) in [6.45, 7) is 0.881. The van der Waals surface area contributed by atoms with Crippen molar-refractivity contribution in [1.29, 1.82) is 0 Å². The summed E-state index contributed by atoms with van der Waals surface area (Å²) in [6, 6.07) is 9.39. The Kier molecular flexibility index (Phi) is 3.76. The summed E-state index contributed by atoms with van der Waals surface area (Å²) in [4.78, 5) is 13.0. The number of hydrogen-bond donors (Lipinski definition) is 2. The number of carbonyl (C=O) groups is 1. The van der Waals surface area contributed by atoms with E-state index in [9.17, 15) is 15.0 Å². The largest absolute Gasteiger partial charge is 0.391 e. The molecule has 0 aliphatic carbocycles. The Morgan fingerprint density at radius 2 is 2.06 bits per heavy atom. The number of benzene rings is 1. The molecular formula is C13H17NO3. The van der Waals surface area contributed by atoms with Crippen molar-refractivity contribution in [2.45, 2.75) is 25.0 Å². The van der Waals surface area contributed by atoms with Gasteiger partial charge >= 0.3 is 0 Å². The van der Waals surface area contributed by atoms with E-state index in [2.05, 4.69) is 0 Å². The van der Waals surface area contributed by atoms with Gasteiger partial charge in [0.15, 0.2) is 0 Å². The molecule has 1 aliphatic heterocycles. The maximum Gasteiger partial charge on any atom is 0.225 e. The van der Waals surface area contributed by atoms with Crippen LogP contribution in [0.15, 0.2) is 30.3 Å². The van der Waals surface area contributed by atoms with Crippen LogP contribution in [0.5, 0.6) is 0 Å². The Hall–Kier alpha value is -1.39. The second-order valence-electron chi connectivity index (χ2n) is 4.41. The fourth-order valence-corrected chi connectivity index (χ4v) is 2.09. The van der Waals surface area contributed by atoms with Gasteiger partial charge in [-0.1, -0.05) is 30.3 Å². The average Bonchev–Trinajstić information content (AvgIpc) is 2.66. The molecule has 4 heteroatoms. The number of nitrogens with zero attached hydrogens (tertiary/aromatic N) is 1. The van der Waals surface area contributed by atoms with Crippen LogP contribution in [0.1, 0.15) is 24.5 Å². The van der Waals surface area contributed by atoms with Gasteiger partial charge < -0.3 is 15.1 Å². The van der Waals surface area contributed by atoms with Crippen LogP contribution in [0.2, 0.25) is 0 Å². The average molecular weight is 235 g/mol. The van der Waals surface area contributed by atoms with Crippen molar-refractivity contribution < 1.29 is 15.0 Å². The molecule has 0 saturated carbocycles. The number of hydrogen-bond acceptors (Lipinski definition) is 3. The van der Waals surface area contributed by atoms with Crippen LogP contribution in [0.3, 0.4) is 0 Å². The molecule has 0 spiro atoms. The Bertz CT molecular complexity index is 380. The van der Waals surface area contributed by atoms with Gasteiger partial charge in [0.05, 0.1) is 18.6 Å². The van der Waals surface area contributed by atoms with Gasteiger partial charge in [-0.25, -0.2) is 0 Å². The second-order valence-corrected chi connectivity index (χ2v) is 4.41. The quantitative estimate of drug-likeness (QED) is 0.807. The summed E-state index contributed by atoms with van der Waals surface area (Å²) in [7, 11) is 0. The van der Waals surface area contributed by atoms with Crippen LogP contribution in [0.4, 0.5) is 0 Å². The van der Waals surface area contributed by atoms with Gasteiger partial charge in [-0.3, -0.25) is 4.79 Å². The zero-order chi connectivity index (χ0) is 12.3. The lowest BCUT2D eigenvalue weighted by atomic mass is 10.1. The first kappa shape index (κ1) is 12.1. The van der Waals surface area contributed by atoms with E-state index >= 15 is 0 Å². The number of amides is 1. The number of carbonyl (C=O) groups excluding carboxylic acids is 1. The van der Waals surface area contributed by atoms with Gasteiger partial charge in [-0.15, -0.1) is 0 Å². The highest BCUT2D eigenvalue weighted by Gasteiger charge is 2.27. The van der Waals surface area contributed by atoms with Gasteiger partial charge in [-0.2, -0.15) is 0 Å². The first-order valence-corrected chi connectivity index (χ1v) is 5.85. The van der Waals surface area contributed by atoms with Crippen molar-refractivity contribution in [3.8, 4) is 0 Å². The summed E-state index contributed by atoms with van der Waals surface area (Å²) in [6.07, 6.45) is -0.387. The predicted molar refractivity (Wildman–Crippen MR) is 63.2 cm³/mol. The highest BCUT2D eigenvalue weighted by molar-refractivity contribution is 5.78. The standard InChI is InChI=1S/C13H17NO3/c15-11-8-13(17)14(9-11)7-6-12(16)10-4-2-1-3-5-10/h1-5,11-12,15-16H,6-9H2. The second kappa shape index (κ2) is 5.29. The molecule has 17 heavy (non-hydrogen) atoms. The summed E-state index contributed by atoms with van der Waals surface area (Å²) in [5, 5.41) is 19.3. The minimum absolute atomic E-state index is 0.0299. The van der Waals surface area contributed by atoms with Crippen LogP contribution in [0, 0.1) is 0 Å². The normalized spacial score (nSPS) is 21.9. The van der Waals surface area contributed by atoms with Crippen molar-refractivity contribution in [1.82, 2.24) is 4.90 Å². The van der Waals surface area contributed by atoms with Gasteiger partial charge in [0, 0.05) is 13.1 Å². The topological polar surface area (TPSA) is 60.8 Å². The molecule has 2 unspecified atom stereocenters. The molecular weight excluding hydrogens is 218 g/mol. The summed E-state index contributed by atoms with van der Waals surface area (Å²) < 4.78 is 0. The summed E-state index contributed by atoms with van der Waals surface area (Å²) >= 11 is 0. The molecule has 1 fully saturated rings. The van der Waals surface area contributed by atoms with E-state index in [4.69, 9.17) is 0 Å². The molecule has 0 aromatic heterocycles. The third-order valence-corrected chi connectivity index (χ3v) is 3.05. The first-order chi connectivity index (χ1) is 8.16. The zero-order valence-corrected chi connectivity index (χ0v) is 9.62. The van der Waals surface area contributed by atoms with Gasteiger partial charge in [0.25, 0.3) is 0 Å². The summed E-state index contributed by atoms with van der Waals surface area (Å²) in [5.74, 6) is -0.0299. The Morgan fingerprint density at radius 1 is 1.35 bits per heavy atom. The smallest absolute Gasteiger partial charge is 0.225 e. The molecule has 1 amide bonds. The lowest BCUT2D eigenvalue weighted by molar-refractivity contribution is -0.128. The third kappa shape index (κ3) is 3.05. The first-order valence-electron chi connectivity index (χ1n) is 5.85. The predicted octanol–water partition coefficient (Wildman–Crippen LogP) is 0.703. The van der Waals surface area contributed by atoms with Crippen LogP contribution in [0.25, 0.3) is 0 Å². The molecule has 2 atom stereocenters. The zero-order valence-electron chi connectivity index (χ0n) is 9.62. The van der Waals surface area contributed by atoms with Gasteiger partial charge in [-0.05, 0) is 12.0 Å². The van der Waals surface area contributed by atoms with Crippen molar-refractivity contribution in [2.75, 3.05) is 13.1 Å². The minimum atomic E-state index is -0.554. The number of rotatable bonds is 4. The maximum absolute atomic E-state index is 11.4. The fraction of sp³-hybridized carbons (Fsp3) is 0.462. The maximum atomic E-state index is 11.4. The van der Waals surface area contributed by atoms with E-state index in [1.54, 1.807) is 4.90 Å². The number of β-amino-alcohol motifs (C(OH)–C–C–N with tert-alkyl or cyclic N) is 1. The van der Waals surface area contributed by atoms with Crippen LogP contribution in [-0.4, -0.2) is 40.2 Å². The molecule has 4 nitrogen and oxygen atoms in total. The lowest BCUT2D eigenvalue weighted by Gasteiger charge is -2.18. The number of aliphatic hydroxyl groups is 2. The van der Waals surface area contributed by atoms with Crippen LogP contribution < -0.4 is 0 Å². The van der Waals surface area contributed by atoms with E-state index in [0.29, 0.717) is 19.5 Å². The molecule has 92 valence electrons. The van der Waals surface area contributed by atoms with E-state index in [0.717, 1.165) is 5.56 Å². The number of likely N-dealkylation sites (tertiary alicyclic amines) is 1. The highest BCUT2D eigenvalue weighted by Crippen LogP contribution is 2.18. The van der Waals surface area contributed by atoms with Crippen molar-refractivity contribution in [2.24, 2.45) is 0 Å². The number of aliphatic hydroxyl groups excluding tert-OH is 2. The van der Waals surface area contributed by atoms with Crippen LogP contribution in [-0.2, 0) is 4.79 Å². The van der Waals surface area contributed by atoms with Crippen molar-refractivity contribution in [3.05, 3.63) is 35.9 Å². The van der Waals surface area contributed by atoms with Gasteiger partial charge in [0.1, 0.15) is 0 Å². The fourth-order valence-electron chi connectivity index (χ4n) is 2.09. The van der Waals surface area contributed by atoms with Gasteiger partial charge in [0.2, 0.25) is 5.91 Å². The Balaban J connectivity index is 1.84. The van der Waals surface area contributed by atoms with E-state index in [-0.39, 0.29) is 12.3 Å². The lowest BCUT2D eigenvalue weighted by Crippen LogP contribution is -2.28. The monoisotopic (exact) mass is 235 g/mol. The molecule has 0 bridgehead atoms. The molecule has 1 saturated heterocycles.